The highest BCUT2D eigenvalue weighted by molar-refractivity contribution is 5.96. The lowest BCUT2D eigenvalue weighted by atomic mass is 9.95. The van der Waals surface area contributed by atoms with E-state index in [0.717, 1.165) is 18.5 Å². The van der Waals surface area contributed by atoms with Gasteiger partial charge >= 0.3 is 5.97 Å². The molecular formula is C15H20N2O3. The van der Waals surface area contributed by atoms with Crippen LogP contribution in [0.2, 0.25) is 0 Å². The molecule has 3 N–H and O–H groups in total. The van der Waals surface area contributed by atoms with Crippen molar-refractivity contribution in [3.8, 4) is 0 Å². The van der Waals surface area contributed by atoms with Crippen molar-refractivity contribution in [1.82, 2.24) is 0 Å². The molecule has 0 radical (unpaired) electrons. The van der Waals surface area contributed by atoms with Crippen molar-refractivity contribution in [2.75, 3.05) is 17.7 Å². The third-order valence-corrected chi connectivity index (χ3v) is 4.01. The van der Waals surface area contributed by atoms with E-state index in [2.05, 4.69) is 5.32 Å². The summed E-state index contributed by atoms with van der Waals surface area (Å²) in [5, 5.41) is 3.45. The quantitative estimate of drug-likeness (QED) is 0.651. The molecule has 0 aliphatic carbocycles. The van der Waals surface area contributed by atoms with E-state index in [1.807, 2.05) is 6.07 Å². The van der Waals surface area contributed by atoms with Gasteiger partial charge in [0.15, 0.2) is 0 Å². The number of fused-ring (bicyclic) bond motifs is 2. The molecule has 3 rings (SSSR count). The number of carbonyl (C=O) groups excluding carboxylic acids is 1. The third-order valence-electron chi connectivity index (χ3n) is 4.01. The maximum absolute atomic E-state index is 11.8. The fraction of sp³-hybridized carbons (Fsp3) is 0.533. The highest BCUT2D eigenvalue weighted by Crippen LogP contribution is 2.36. The molecule has 0 aromatic heterocycles. The van der Waals surface area contributed by atoms with Crippen molar-refractivity contribution in [2.45, 2.75) is 44.4 Å². The van der Waals surface area contributed by atoms with Gasteiger partial charge in [-0.3, -0.25) is 0 Å². The standard InChI is InChI=1S/C15H20N2O3/c1-2-19-15(18)11-7-9(3-5-12(11)16)17-13-8-10-4-6-14(13)20-10/h3,5,7,10,13-14,17H,2,4,6,8,16H2,1H3. The van der Waals surface area contributed by atoms with Crippen LogP contribution in [-0.4, -0.2) is 30.8 Å². The summed E-state index contributed by atoms with van der Waals surface area (Å²) in [4.78, 5) is 11.8. The fourth-order valence-electron chi connectivity index (χ4n) is 3.04. The van der Waals surface area contributed by atoms with Gasteiger partial charge < -0.3 is 20.5 Å². The molecular weight excluding hydrogens is 256 g/mol. The highest BCUT2D eigenvalue weighted by atomic mass is 16.5. The number of ether oxygens (including phenoxy) is 2. The molecule has 20 heavy (non-hydrogen) atoms. The SMILES string of the molecule is CCOC(=O)c1cc(NC2CC3CCC2O3)ccc1N. The predicted octanol–water partition coefficient (Wildman–Crippen LogP) is 2.18. The second-order valence-electron chi connectivity index (χ2n) is 5.38. The van der Waals surface area contributed by atoms with Crippen molar-refractivity contribution in [1.29, 1.82) is 0 Å². The number of anilines is 2. The van der Waals surface area contributed by atoms with Crippen molar-refractivity contribution >= 4 is 17.3 Å². The second kappa shape index (κ2) is 5.32. The van der Waals surface area contributed by atoms with Crippen molar-refractivity contribution in [3.05, 3.63) is 23.8 Å². The largest absolute Gasteiger partial charge is 0.462 e. The van der Waals surface area contributed by atoms with Crippen LogP contribution in [0.1, 0.15) is 36.5 Å². The summed E-state index contributed by atoms with van der Waals surface area (Å²) in [5.74, 6) is -0.377. The van der Waals surface area contributed by atoms with E-state index in [-0.39, 0.29) is 5.97 Å². The van der Waals surface area contributed by atoms with E-state index in [9.17, 15) is 4.79 Å². The van der Waals surface area contributed by atoms with Crippen LogP contribution in [0.4, 0.5) is 11.4 Å². The van der Waals surface area contributed by atoms with Gasteiger partial charge in [-0.1, -0.05) is 0 Å². The molecule has 2 aliphatic heterocycles. The molecule has 2 aliphatic rings. The Kier molecular flexibility index (Phi) is 3.53. The average Bonchev–Trinajstić information content (AvgIpc) is 3.03. The third kappa shape index (κ3) is 2.45. The van der Waals surface area contributed by atoms with E-state index in [4.69, 9.17) is 15.2 Å². The van der Waals surface area contributed by atoms with E-state index < -0.39 is 0 Å². The monoisotopic (exact) mass is 276 g/mol. The number of nitrogens with one attached hydrogen (secondary N) is 1. The molecule has 0 spiro atoms. The Morgan fingerprint density at radius 1 is 1.50 bits per heavy atom. The molecule has 2 bridgehead atoms. The minimum atomic E-state index is -0.377. The maximum Gasteiger partial charge on any atom is 0.340 e. The normalized spacial score (nSPS) is 27.6. The summed E-state index contributed by atoms with van der Waals surface area (Å²) < 4.78 is 10.8. The molecule has 0 saturated carbocycles. The summed E-state index contributed by atoms with van der Waals surface area (Å²) in [6.45, 7) is 2.12. The minimum absolute atomic E-state index is 0.295. The Bertz CT molecular complexity index is 518. The molecule has 108 valence electrons. The number of hydrogen-bond acceptors (Lipinski definition) is 5. The Balaban J connectivity index is 1.74. The average molecular weight is 276 g/mol. The molecule has 2 saturated heterocycles. The van der Waals surface area contributed by atoms with Gasteiger partial charge in [0.2, 0.25) is 0 Å². The van der Waals surface area contributed by atoms with Crippen LogP contribution < -0.4 is 11.1 Å². The Morgan fingerprint density at radius 2 is 2.35 bits per heavy atom. The lowest BCUT2D eigenvalue weighted by molar-refractivity contribution is 0.0527. The summed E-state index contributed by atoms with van der Waals surface area (Å²) in [6.07, 6.45) is 4.00. The number of carbonyl (C=O) groups is 1. The van der Waals surface area contributed by atoms with E-state index in [1.165, 1.54) is 6.42 Å². The Labute approximate surface area is 118 Å². The molecule has 1 aromatic rings. The number of hydrogen-bond donors (Lipinski definition) is 2. The molecule has 5 heteroatoms. The van der Waals surface area contributed by atoms with E-state index in [0.29, 0.717) is 36.1 Å². The lowest BCUT2D eigenvalue weighted by Gasteiger charge is -2.21. The topological polar surface area (TPSA) is 73.6 Å². The summed E-state index contributed by atoms with van der Waals surface area (Å²) >= 11 is 0. The number of esters is 1. The zero-order valence-electron chi connectivity index (χ0n) is 11.6. The molecule has 0 amide bonds. The molecule has 5 nitrogen and oxygen atoms in total. The first-order chi connectivity index (χ1) is 9.67. The number of benzene rings is 1. The van der Waals surface area contributed by atoms with Crippen LogP contribution in [0.3, 0.4) is 0 Å². The molecule has 3 atom stereocenters. The van der Waals surface area contributed by atoms with Crippen molar-refractivity contribution in [2.24, 2.45) is 0 Å². The maximum atomic E-state index is 11.8. The molecule has 3 unspecified atom stereocenters. The fourth-order valence-corrected chi connectivity index (χ4v) is 3.04. The first-order valence-corrected chi connectivity index (χ1v) is 7.16. The minimum Gasteiger partial charge on any atom is -0.462 e. The highest BCUT2D eigenvalue weighted by Gasteiger charge is 2.40. The van der Waals surface area contributed by atoms with Gasteiger partial charge in [0, 0.05) is 11.4 Å². The molecule has 2 fully saturated rings. The van der Waals surface area contributed by atoms with Gasteiger partial charge in [-0.05, 0) is 44.4 Å². The summed E-state index contributed by atoms with van der Waals surface area (Å²) in [5.41, 5.74) is 7.59. The van der Waals surface area contributed by atoms with Crippen LogP contribution in [0.5, 0.6) is 0 Å². The zero-order chi connectivity index (χ0) is 14.1. The predicted molar refractivity (Wildman–Crippen MR) is 76.7 cm³/mol. The first-order valence-electron chi connectivity index (χ1n) is 7.16. The van der Waals surface area contributed by atoms with Crippen molar-refractivity contribution in [3.63, 3.8) is 0 Å². The van der Waals surface area contributed by atoms with Gasteiger partial charge in [0.25, 0.3) is 0 Å². The van der Waals surface area contributed by atoms with Gasteiger partial charge in [0.1, 0.15) is 0 Å². The van der Waals surface area contributed by atoms with Gasteiger partial charge in [0.05, 0.1) is 30.4 Å². The van der Waals surface area contributed by atoms with Crippen LogP contribution in [0.25, 0.3) is 0 Å². The number of rotatable bonds is 4. The first kappa shape index (κ1) is 13.2. The van der Waals surface area contributed by atoms with Crippen molar-refractivity contribution < 1.29 is 14.3 Å². The van der Waals surface area contributed by atoms with Gasteiger partial charge in [-0.15, -0.1) is 0 Å². The van der Waals surface area contributed by atoms with Gasteiger partial charge in [-0.25, -0.2) is 4.79 Å². The summed E-state index contributed by atoms with van der Waals surface area (Å²) in [7, 11) is 0. The Morgan fingerprint density at radius 3 is 3.00 bits per heavy atom. The second-order valence-corrected chi connectivity index (χ2v) is 5.38. The molecule has 2 heterocycles. The van der Waals surface area contributed by atoms with Crippen LogP contribution in [0, 0.1) is 0 Å². The number of nitrogen functional groups attached to an aromatic ring is 1. The zero-order valence-corrected chi connectivity index (χ0v) is 11.6. The van der Waals surface area contributed by atoms with Gasteiger partial charge in [-0.2, -0.15) is 0 Å². The van der Waals surface area contributed by atoms with Crippen LogP contribution in [0.15, 0.2) is 18.2 Å². The van der Waals surface area contributed by atoms with Crippen LogP contribution >= 0.6 is 0 Å². The Hall–Kier alpha value is -1.75. The van der Waals surface area contributed by atoms with Crippen LogP contribution in [-0.2, 0) is 9.47 Å². The lowest BCUT2D eigenvalue weighted by Crippen LogP contribution is -2.30. The van der Waals surface area contributed by atoms with E-state index >= 15 is 0 Å². The summed E-state index contributed by atoms with van der Waals surface area (Å²) in [6, 6.07) is 5.72. The smallest absolute Gasteiger partial charge is 0.340 e. The molecule has 1 aromatic carbocycles. The number of nitrogens with two attached hydrogens (primary N) is 1. The van der Waals surface area contributed by atoms with E-state index in [1.54, 1.807) is 19.1 Å².